The van der Waals surface area contributed by atoms with Crippen molar-refractivity contribution in [3.8, 4) is 0 Å². The Balaban J connectivity index is 1.35. The van der Waals surface area contributed by atoms with E-state index in [0.717, 1.165) is 52.1 Å². The smallest absolute Gasteiger partial charge is 0.214 e. The lowest BCUT2D eigenvalue weighted by Gasteiger charge is -2.35. The predicted molar refractivity (Wildman–Crippen MR) is 92.8 cm³/mol. The number of nitrogens with zero attached hydrogens (tertiary/aromatic N) is 3. The van der Waals surface area contributed by atoms with Gasteiger partial charge in [-0.3, -0.25) is 4.90 Å². The minimum absolute atomic E-state index is 0.338. The Kier molecular flexibility index (Phi) is 5.69. The highest BCUT2D eigenvalue weighted by Crippen LogP contribution is 2.14. The highest BCUT2D eigenvalue weighted by Gasteiger charge is 2.27. The van der Waals surface area contributed by atoms with Crippen LogP contribution in [0, 0.1) is 0 Å². The molecule has 0 radical (unpaired) electrons. The van der Waals surface area contributed by atoms with E-state index in [4.69, 9.17) is 0 Å². The third-order valence-corrected chi connectivity index (χ3v) is 6.76. The molecule has 0 aromatic heterocycles. The van der Waals surface area contributed by atoms with Crippen molar-refractivity contribution in [1.29, 1.82) is 0 Å². The van der Waals surface area contributed by atoms with Crippen molar-refractivity contribution in [1.82, 2.24) is 14.1 Å². The molecule has 0 saturated carbocycles. The average molecular weight is 337 g/mol. The molecule has 0 spiro atoms. The number of piperazine rings is 1. The highest BCUT2D eigenvalue weighted by atomic mass is 32.2. The zero-order valence-electron chi connectivity index (χ0n) is 13.7. The summed E-state index contributed by atoms with van der Waals surface area (Å²) in [4.78, 5) is 4.96. The number of rotatable bonds is 6. The second-order valence-electron chi connectivity index (χ2n) is 6.53. The average Bonchev–Trinajstić information content (AvgIpc) is 2.89. The first-order valence-corrected chi connectivity index (χ1v) is 10.2. The van der Waals surface area contributed by atoms with Crippen LogP contribution in [0.15, 0.2) is 30.3 Å². The standard InChI is InChI=1S/C17H27N3O2S/c21-23(22)15-5-10-20(23)9-4-8-18-11-13-19(14-12-18)16-17-6-2-1-3-7-17/h1-3,6-7H,4-5,8-16H2. The van der Waals surface area contributed by atoms with Crippen molar-refractivity contribution in [2.24, 2.45) is 0 Å². The Labute approximate surface area is 139 Å². The van der Waals surface area contributed by atoms with Gasteiger partial charge < -0.3 is 4.90 Å². The van der Waals surface area contributed by atoms with E-state index < -0.39 is 10.0 Å². The third kappa shape index (κ3) is 4.76. The molecule has 1 aromatic rings. The summed E-state index contributed by atoms with van der Waals surface area (Å²) >= 11 is 0. The maximum Gasteiger partial charge on any atom is 0.214 e. The topological polar surface area (TPSA) is 43.9 Å². The van der Waals surface area contributed by atoms with Gasteiger partial charge in [0.25, 0.3) is 0 Å². The molecular weight excluding hydrogens is 310 g/mol. The minimum Gasteiger partial charge on any atom is -0.301 e. The fourth-order valence-corrected chi connectivity index (χ4v) is 4.99. The molecule has 3 rings (SSSR count). The molecule has 2 heterocycles. The van der Waals surface area contributed by atoms with E-state index in [-0.39, 0.29) is 0 Å². The van der Waals surface area contributed by atoms with Crippen LogP contribution in [-0.2, 0) is 16.6 Å². The van der Waals surface area contributed by atoms with Gasteiger partial charge in [0.05, 0.1) is 5.75 Å². The molecule has 2 aliphatic rings. The molecule has 128 valence electrons. The summed E-state index contributed by atoms with van der Waals surface area (Å²) in [5.41, 5.74) is 1.38. The number of hydrogen-bond acceptors (Lipinski definition) is 4. The van der Waals surface area contributed by atoms with Gasteiger partial charge in [-0.2, -0.15) is 0 Å². The van der Waals surface area contributed by atoms with E-state index in [0.29, 0.717) is 18.8 Å². The first-order valence-electron chi connectivity index (χ1n) is 8.60. The maximum absolute atomic E-state index is 11.8. The quantitative estimate of drug-likeness (QED) is 0.783. The highest BCUT2D eigenvalue weighted by molar-refractivity contribution is 7.89. The van der Waals surface area contributed by atoms with Crippen LogP contribution in [-0.4, -0.2) is 74.1 Å². The van der Waals surface area contributed by atoms with E-state index in [1.54, 1.807) is 4.31 Å². The summed E-state index contributed by atoms with van der Waals surface area (Å²) < 4.78 is 25.2. The molecule has 2 aliphatic heterocycles. The van der Waals surface area contributed by atoms with Crippen LogP contribution < -0.4 is 0 Å². The first kappa shape index (κ1) is 16.9. The fourth-order valence-electron chi connectivity index (χ4n) is 3.43. The van der Waals surface area contributed by atoms with Crippen LogP contribution in [0.25, 0.3) is 0 Å². The second kappa shape index (κ2) is 7.75. The maximum atomic E-state index is 11.8. The summed E-state index contributed by atoms with van der Waals surface area (Å²) in [6.45, 7) is 7.79. The van der Waals surface area contributed by atoms with Crippen LogP contribution in [0.2, 0.25) is 0 Å². The molecule has 0 bridgehead atoms. The van der Waals surface area contributed by atoms with Gasteiger partial charge in [-0.25, -0.2) is 12.7 Å². The molecule has 23 heavy (non-hydrogen) atoms. The summed E-state index contributed by atoms with van der Waals surface area (Å²) in [7, 11) is -2.93. The molecule has 0 unspecified atom stereocenters. The number of hydrogen-bond donors (Lipinski definition) is 0. The molecule has 0 atom stereocenters. The molecule has 5 nitrogen and oxygen atoms in total. The van der Waals surface area contributed by atoms with Crippen molar-refractivity contribution < 1.29 is 8.42 Å². The Morgan fingerprint density at radius 2 is 1.57 bits per heavy atom. The van der Waals surface area contributed by atoms with Crippen LogP contribution in [0.3, 0.4) is 0 Å². The lowest BCUT2D eigenvalue weighted by molar-refractivity contribution is 0.125. The number of sulfonamides is 1. The Hall–Kier alpha value is -0.950. The van der Waals surface area contributed by atoms with Gasteiger partial charge in [0.2, 0.25) is 10.0 Å². The van der Waals surface area contributed by atoms with E-state index in [1.807, 2.05) is 0 Å². The molecule has 2 fully saturated rings. The van der Waals surface area contributed by atoms with E-state index >= 15 is 0 Å². The summed E-state index contributed by atoms with van der Waals surface area (Å²) in [5.74, 6) is 0.338. The van der Waals surface area contributed by atoms with E-state index in [2.05, 4.69) is 40.1 Å². The van der Waals surface area contributed by atoms with Gasteiger partial charge >= 0.3 is 0 Å². The van der Waals surface area contributed by atoms with Gasteiger partial charge in [0.15, 0.2) is 0 Å². The first-order chi connectivity index (χ1) is 11.1. The molecular formula is C17H27N3O2S. The lowest BCUT2D eigenvalue weighted by Crippen LogP contribution is -2.46. The monoisotopic (exact) mass is 337 g/mol. The molecule has 0 amide bonds. The van der Waals surface area contributed by atoms with Gasteiger partial charge in [-0.15, -0.1) is 0 Å². The SMILES string of the molecule is O=S1(=O)CCCN1CCCN1CCN(Cc2ccccc2)CC1. The summed E-state index contributed by atoms with van der Waals surface area (Å²) in [6.07, 6.45) is 1.73. The Morgan fingerprint density at radius 3 is 2.22 bits per heavy atom. The van der Waals surface area contributed by atoms with Crippen LogP contribution in [0.1, 0.15) is 18.4 Å². The largest absolute Gasteiger partial charge is 0.301 e. The Morgan fingerprint density at radius 1 is 0.870 bits per heavy atom. The lowest BCUT2D eigenvalue weighted by atomic mass is 10.2. The van der Waals surface area contributed by atoms with Crippen LogP contribution in [0.5, 0.6) is 0 Å². The van der Waals surface area contributed by atoms with Crippen molar-refractivity contribution in [3.05, 3.63) is 35.9 Å². The minimum atomic E-state index is -2.93. The van der Waals surface area contributed by atoms with Crippen molar-refractivity contribution in [2.75, 3.05) is 51.6 Å². The molecule has 2 saturated heterocycles. The third-order valence-electron chi connectivity index (χ3n) is 4.80. The Bertz CT molecular complexity index is 583. The predicted octanol–water partition coefficient (Wildman–Crippen LogP) is 1.23. The summed E-state index contributed by atoms with van der Waals surface area (Å²) in [6, 6.07) is 10.6. The van der Waals surface area contributed by atoms with E-state index in [9.17, 15) is 8.42 Å². The number of benzene rings is 1. The van der Waals surface area contributed by atoms with Crippen LogP contribution >= 0.6 is 0 Å². The summed E-state index contributed by atoms with van der Waals surface area (Å²) in [5, 5.41) is 0. The van der Waals surface area contributed by atoms with Crippen molar-refractivity contribution in [2.45, 2.75) is 19.4 Å². The molecule has 6 heteroatoms. The van der Waals surface area contributed by atoms with Gasteiger partial charge in [-0.05, 0) is 24.9 Å². The molecule has 1 aromatic carbocycles. The van der Waals surface area contributed by atoms with Gasteiger partial charge in [-0.1, -0.05) is 30.3 Å². The van der Waals surface area contributed by atoms with Gasteiger partial charge in [0, 0.05) is 45.8 Å². The molecule has 0 N–H and O–H groups in total. The van der Waals surface area contributed by atoms with Gasteiger partial charge in [0.1, 0.15) is 0 Å². The van der Waals surface area contributed by atoms with Crippen molar-refractivity contribution >= 4 is 10.0 Å². The zero-order chi connectivity index (χ0) is 16.1. The zero-order valence-corrected chi connectivity index (χ0v) is 14.5. The van der Waals surface area contributed by atoms with Crippen molar-refractivity contribution in [3.63, 3.8) is 0 Å². The fraction of sp³-hybridized carbons (Fsp3) is 0.647. The normalized spacial score (nSPS) is 23.3. The molecule has 0 aliphatic carbocycles. The van der Waals surface area contributed by atoms with Crippen LogP contribution in [0.4, 0.5) is 0 Å². The van der Waals surface area contributed by atoms with E-state index in [1.165, 1.54) is 5.56 Å². The second-order valence-corrected chi connectivity index (χ2v) is 8.61.